The topological polar surface area (TPSA) is 69.5 Å². The lowest BCUT2D eigenvalue weighted by atomic mass is 9.97. The molecule has 1 aromatic heterocycles. The van der Waals surface area contributed by atoms with Crippen LogP contribution in [0.25, 0.3) is 0 Å². The summed E-state index contributed by atoms with van der Waals surface area (Å²) in [6.07, 6.45) is 6.65. The molecule has 1 unspecified atom stereocenters. The van der Waals surface area contributed by atoms with Gasteiger partial charge in [0.25, 0.3) is 5.91 Å². The highest BCUT2D eigenvalue weighted by atomic mass is 16.5. The van der Waals surface area contributed by atoms with Crippen LogP contribution in [0.5, 0.6) is 11.5 Å². The number of fused-ring (bicyclic) bond motifs is 1. The lowest BCUT2D eigenvalue weighted by molar-refractivity contribution is -0.134. The van der Waals surface area contributed by atoms with E-state index in [1.54, 1.807) is 7.11 Å². The molecule has 7 heteroatoms. The van der Waals surface area contributed by atoms with Crippen LogP contribution in [0, 0.1) is 6.92 Å². The maximum atomic E-state index is 12.8. The van der Waals surface area contributed by atoms with Gasteiger partial charge in [0.2, 0.25) is 0 Å². The van der Waals surface area contributed by atoms with E-state index in [4.69, 9.17) is 9.47 Å². The predicted octanol–water partition coefficient (Wildman–Crippen LogP) is 3.11. The molecule has 0 bridgehead atoms. The summed E-state index contributed by atoms with van der Waals surface area (Å²) in [4.78, 5) is 14.7. The van der Waals surface area contributed by atoms with Crippen molar-refractivity contribution < 1.29 is 14.3 Å². The molecule has 4 rings (SSSR count). The monoisotopic (exact) mass is 398 g/mol. The fourth-order valence-electron chi connectivity index (χ4n) is 4.35. The highest BCUT2D eigenvalue weighted by Crippen LogP contribution is 2.30. The quantitative estimate of drug-likeness (QED) is 0.774. The average molecular weight is 399 g/mol. The molecule has 1 atom stereocenters. The lowest BCUT2D eigenvalue weighted by Crippen LogP contribution is -2.42. The second-order valence-electron chi connectivity index (χ2n) is 8.06. The number of benzene rings is 1. The Morgan fingerprint density at radius 3 is 2.90 bits per heavy atom. The number of carbonyl (C=O) groups excluding carboxylic acids is 1. The molecule has 0 spiro atoms. The van der Waals surface area contributed by atoms with Gasteiger partial charge < -0.3 is 18.9 Å². The van der Waals surface area contributed by atoms with Crippen molar-refractivity contribution in [2.24, 2.45) is 0 Å². The van der Waals surface area contributed by atoms with Gasteiger partial charge in [0.15, 0.2) is 18.1 Å². The summed E-state index contributed by atoms with van der Waals surface area (Å²) in [6.45, 7) is 4.47. The van der Waals surface area contributed by atoms with Gasteiger partial charge in [0.1, 0.15) is 11.6 Å². The van der Waals surface area contributed by atoms with Crippen molar-refractivity contribution in [1.82, 2.24) is 19.7 Å². The zero-order chi connectivity index (χ0) is 20.2. The molecule has 0 N–H and O–H groups in total. The second kappa shape index (κ2) is 8.84. The van der Waals surface area contributed by atoms with Gasteiger partial charge in [-0.15, -0.1) is 10.2 Å². The van der Waals surface area contributed by atoms with Gasteiger partial charge in [-0.3, -0.25) is 4.79 Å². The van der Waals surface area contributed by atoms with E-state index in [1.165, 1.54) is 19.3 Å². The Hall–Kier alpha value is -2.57. The summed E-state index contributed by atoms with van der Waals surface area (Å²) in [7, 11) is 1.61. The van der Waals surface area contributed by atoms with Crippen LogP contribution in [-0.2, 0) is 17.8 Å². The summed E-state index contributed by atoms with van der Waals surface area (Å²) in [5, 5.41) is 8.94. The first kappa shape index (κ1) is 19.7. The van der Waals surface area contributed by atoms with Crippen LogP contribution in [0.2, 0.25) is 0 Å². The van der Waals surface area contributed by atoms with E-state index in [0.29, 0.717) is 18.0 Å². The van der Waals surface area contributed by atoms with Crippen molar-refractivity contribution in [2.75, 3.05) is 26.8 Å². The van der Waals surface area contributed by atoms with E-state index in [2.05, 4.69) is 14.8 Å². The minimum atomic E-state index is 0.00735. The van der Waals surface area contributed by atoms with E-state index >= 15 is 0 Å². The third-order valence-electron chi connectivity index (χ3n) is 5.95. The number of nitrogens with zero attached hydrogens (tertiary/aromatic N) is 4. The van der Waals surface area contributed by atoms with Crippen molar-refractivity contribution in [1.29, 1.82) is 0 Å². The van der Waals surface area contributed by atoms with Crippen molar-refractivity contribution >= 4 is 5.91 Å². The normalized spacial score (nSPS) is 19.4. The molecule has 1 fully saturated rings. The Morgan fingerprint density at radius 2 is 2.03 bits per heavy atom. The third-order valence-corrected chi connectivity index (χ3v) is 5.95. The second-order valence-corrected chi connectivity index (χ2v) is 8.06. The minimum Gasteiger partial charge on any atom is -0.493 e. The summed E-state index contributed by atoms with van der Waals surface area (Å²) in [5.74, 6) is 3.67. The number of ether oxygens (including phenoxy) is 2. The van der Waals surface area contributed by atoms with Crippen molar-refractivity contribution in [3.8, 4) is 11.5 Å². The first-order valence-corrected chi connectivity index (χ1v) is 10.6. The molecule has 2 aliphatic heterocycles. The lowest BCUT2D eigenvalue weighted by Gasteiger charge is -2.32. The molecule has 2 aliphatic rings. The van der Waals surface area contributed by atoms with E-state index in [0.717, 1.165) is 49.6 Å². The van der Waals surface area contributed by atoms with Crippen LogP contribution >= 0.6 is 0 Å². The molecule has 0 radical (unpaired) electrons. The number of likely N-dealkylation sites (tertiary alicyclic amines) is 1. The maximum absolute atomic E-state index is 12.8. The molecule has 156 valence electrons. The first-order valence-electron chi connectivity index (χ1n) is 10.6. The van der Waals surface area contributed by atoms with E-state index in [1.807, 2.05) is 30.0 Å². The van der Waals surface area contributed by atoms with E-state index < -0.39 is 0 Å². The van der Waals surface area contributed by atoms with Crippen LogP contribution in [-0.4, -0.2) is 52.4 Å². The third kappa shape index (κ3) is 4.38. The smallest absolute Gasteiger partial charge is 0.260 e. The number of methoxy groups -OCH3 is 1. The number of hydrogen-bond acceptors (Lipinski definition) is 5. The van der Waals surface area contributed by atoms with Gasteiger partial charge in [-0.2, -0.15) is 0 Å². The van der Waals surface area contributed by atoms with Crippen molar-refractivity contribution in [3.05, 3.63) is 35.4 Å². The Bertz CT molecular complexity index is 864. The number of carbonyl (C=O) groups is 1. The molecular weight excluding hydrogens is 368 g/mol. The van der Waals surface area contributed by atoms with Gasteiger partial charge in [0.05, 0.1) is 7.11 Å². The fourth-order valence-corrected chi connectivity index (χ4v) is 4.35. The molecule has 0 saturated carbocycles. The Kier molecular flexibility index (Phi) is 6.02. The van der Waals surface area contributed by atoms with Crippen LogP contribution in [0.4, 0.5) is 0 Å². The van der Waals surface area contributed by atoms with Crippen LogP contribution in [0.1, 0.15) is 55.2 Å². The van der Waals surface area contributed by atoms with Gasteiger partial charge in [-0.05, 0) is 50.3 Å². The van der Waals surface area contributed by atoms with Gasteiger partial charge in [0, 0.05) is 32.0 Å². The largest absolute Gasteiger partial charge is 0.493 e. The number of amides is 1. The minimum absolute atomic E-state index is 0.00735. The average Bonchev–Trinajstić information content (AvgIpc) is 3.00. The van der Waals surface area contributed by atoms with E-state index in [-0.39, 0.29) is 18.4 Å². The zero-order valence-corrected chi connectivity index (χ0v) is 17.4. The number of aryl methyl sites for hydroxylation is 2. The van der Waals surface area contributed by atoms with Crippen molar-refractivity contribution in [3.63, 3.8) is 0 Å². The Balaban J connectivity index is 1.40. The van der Waals surface area contributed by atoms with Crippen LogP contribution in [0.15, 0.2) is 18.2 Å². The molecule has 1 amide bonds. The molecular formula is C22H30N4O3. The molecule has 3 heterocycles. The molecule has 1 aromatic carbocycles. The number of hydrogen-bond donors (Lipinski definition) is 0. The standard InChI is InChI=1S/C22H30N4O3/c1-16-9-10-18(19(13-16)28-2)29-15-21(27)25-11-6-7-17(14-25)22-24-23-20-8-4-3-5-12-26(20)22/h9-10,13,17H,3-8,11-12,14-15H2,1-2H3. The Labute approximate surface area is 172 Å². The maximum Gasteiger partial charge on any atom is 0.260 e. The Morgan fingerprint density at radius 1 is 1.14 bits per heavy atom. The number of aromatic nitrogens is 3. The highest BCUT2D eigenvalue weighted by molar-refractivity contribution is 5.78. The number of rotatable bonds is 5. The summed E-state index contributed by atoms with van der Waals surface area (Å²) in [5.41, 5.74) is 1.09. The fraction of sp³-hybridized carbons (Fsp3) is 0.591. The molecule has 1 saturated heterocycles. The molecule has 29 heavy (non-hydrogen) atoms. The molecule has 0 aliphatic carbocycles. The van der Waals surface area contributed by atoms with E-state index in [9.17, 15) is 4.79 Å². The molecule has 2 aromatic rings. The zero-order valence-electron chi connectivity index (χ0n) is 17.4. The summed E-state index contributed by atoms with van der Waals surface area (Å²) >= 11 is 0. The van der Waals surface area contributed by atoms with Gasteiger partial charge in [-0.25, -0.2) is 0 Å². The van der Waals surface area contributed by atoms with Crippen LogP contribution < -0.4 is 9.47 Å². The molecule has 7 nitrogen and oxygen atoms in total. The van der Waals surface area contributed by atoms with Gasteiger partial charge in [-0.1, -0.05) is 12.5 Å². The first-order chi connectivity index (χ1) is 14.2. The number of piperidine rings is 1. The van der Waals surface area contributed by atoms with Gasteiger partial charge >= 0.3 is 0 Å². The summed E-state index contributed by atoms with van der Waals surface area (Å²) in [6, 6.07) is 5.72. The predicted molar refractivity (Wildman–Crippen MR) is 109 cm³/mol. The highest BCUT2D eigenvalue weighted by Gasteiger charge is 2.29. The SMILES string of the molecule is COc1cc(C)ccc1OCC(=O)N1CCCC(c2nnc3n2CCCCC3)C1. The van der Waals surface area contributed by atoms with Crippen LogP contribution in [0.3, 0.4) is 0 Å². The van der Waals surface area contributed by atoms with Crippen molar-refractivity contribution in [2.45, 2.75) is 57.9 Å². The summed E-state index contributed by atoms with van der Waals surface area (Å²) < 4.78 is 13.5.